The summed E-state index contributed by atoms with van der Waals surface area (Å²) in [5.74, 6) is 0.773. The van der Waals surface area contributed by atoms with Crippen LogP contribution in [0, 0.1) is 0 Å². The van der Waals surface area contributed by atoms with Crippen LogP contribution in [0.3, 0.4) is 0 Å². The Morgan fingerprint density at radius 3 is 2.76 bits per heavy atom. The van der Waals surface area contributed by atoms with Gasteiger partial charge in [0, 0.05) is 24.0 Å². The van der Waals surface area contributed by atoms with Gasteiger partial charge in [-0.15, -0.1) is 0 Å². The molecule has 4 heteroatoms. The Bertz CT molecular complexity index is 492. The minimum Gasteiger partial charge on any atom is -0.464 e. The average Bonchev–Trinajstić information content (AvgIpc) is 2.80. The molecule has 90 valence electrons. The third-order valence-corrected chi connectivity index (χ3v) is 2.65. The molecule has 0 aliphatic carbocycles. The largest absolute Gasteiger partial charge is 0.464 e. The first-order valence-corrected chi connectivity index (χ1v) is 5.43. The van der Waals surface area contributed by atoms with Gasteiger partial charge in [0.15, 0.2) is 0 Å². The standard InChI is InChI=1S/C13H16N2O2/c1-16-6-4-10-11(13-3-2-5-17-13)7-9(14)8-12(10)15/h2-3,5,7-8H,4,6,14-15H2,1H3. The maximum atomic E-state index is 5.99. The van der Waals surface area contributed by atoms with Crippen LogP contribution >= 0.6 is 0 Å². The van der Waals surface area contributed by atoms with Gasteiger partial charge >= 0.3 is 0 Å². The van der Waals surface area contributed by atoms with Crippen molar-refractivity contribution in [2.24, 2.45) is 0 Å². The topological polar surface area (TPSA) is 74.4 Å². The normalized spacial score (nSPS) is 10.6. The van der Waals surface area contributed by atoms with Crippen molar-refractivity contribution in [2.45, 2.75) is 6.42 Å². The third kappa shape index (κ3) is 2.42. The number of methoxy groups -OCH3 is 1. The van der Waals surface area contributed by atoms with Crippen molar-refractivity contribution in [3.8, 4) is 11.3 Å². The number of ether oxygens (including phenoxy) is 1. The highest BCUT2D eigenvalue weighted by molar-refractivity contribution is 5.74. The maximum absolute atomic E-state index is 5.99. The number of hydrogen-bond acceptors (Lipinski definition) is 4. The molecule has 0 aliphatic rings. The fourth-order valence-corrected chi connectivity index (χ4v) is 1.85. The Balaban J connectivity index is 2.47. The highest BCUT2D eigenvalue weighted by Crippen LogP contribution is 2.31. The summed E-state index contributed by atoms with van der Waals surface area (Å²) in [4.78, 5) is 0. The summed E-state index contributed by atoms with van der Waals surface area (Å²) in [6.07, 6.45) is 2.37. The molecule has 1 aromatic carbocycles. The Morgan fingerprint density at radius 1 is 1.29 bits per heavy atom. The van der Waals surface area contributed by atoms with Crippen LogP contribution < -0.4 is 11.5 Å². The third-order valence-electron chi connectivity index (χ3n) is 2.65. The summed E-state index contributed by atoms with van der Waals surface area (Å²) in [7, 11) is 1.67. The lowest BCUT2D eigenvalue weighted by molar-refractivity contribution is 0.202. The number of hydrogen-bond donors (Lipinski definition) is 2. The predicted octanol–water partition coefficient (Wildman–Crippen LogP) is 2.30. The zero-order valence-corrected chi connectivity index (χ0v) is 9.77. The van der Waals surface area contributed by atoms with Crippen LogP contribution in [0.25, 0.3) is 11.3 Å². The molecule has 4 nitrogen and oxygen atoms in total. The maximum Gasteiger partial charge on any atom is 0.134 e. The molecule has 1 heterocycles. The first kappa shape index (κ1) is 11.5. The molecule has 2 rings (SSSR count). The van der Waals surface area contributed by atoms with Crippen LogP contribution in [0.5, 0.6) is 0 Å². The molecule has 0 bridgehead atoms. The van der Waals surface area contributed by atoms with E-state index in [9.17, 15) is 0 Å². The molecule has 0 atom stereocenters. The molecule has 0 unspecified atom stereocenters. The van der Waals surface area contributed by atoms with Gasteiger partial charge in [-0.3, -0.25) is 0 Å². The number of nitrogen functional groups attached to an aromatic ring is 2. The Kier molecular flexibility index (Phi) is 3.35. The van der Waals surface area contributed by atoms with Crippen molar-refractivity contribution >= 4 is 11.4 Å². The Hall–Kier alpha value is -1.94. The average molecular weight is 232 g/mol. The molecule has 0 spiro atoms. The molecule has 17 heavy (non-hydrogen) atoms. The van der Waals surface area contributed by atoms with Crippen LogP contribution in [0.4, 0.5) is 11.4 Å². The SMILES string of the molecule is COCCc1c(N)cc(N)cc1-c1ccco1. The van der Waals surface area contributed by atoms with Crippen molar-refractivity contribution in [3.63, 3.8) is 0 Å². The van der Waals surface area contributed by atoms with E-state index in [0.29, 0.717) is 18.0 Å². The predicted molar refractivity (Wildman–Crippen MR) is 68.5 cm³/mol. The Morgan fingerprint density at radius 2 is 2.12 bits per heavy atom. The Labute approximate surface area is 100 Å². The van der Waals surface area contributed by atoms with Crippen molar-refractivity contribution in [1.29, 1.82) is 0 Å². The molecular weight excluding hydrogens is 216 g/mol. The second-order valence-electron chi connectivity index (χ2n) is 3.86. The summed E-state index contributed by atoms with van der Waals surface area (Å²) < 4.78 is 10.5. The summed E-state index contributed by atoms with van der Waals surface area (Å²) in [6, 6.07) is 7.37. The van der Waals surface area contributed by atoms with Crippen LogP contribution in [0.15, 0.2) is 34.9 Å². The van der Waals surface area contributed by atoms with Gasteiger partial charge in [0.1, 0.15) is 5.76 Å². The molecule has 1 aromatic heterocycles. The quantitative estimate of drug-likeness (QED) is 0.793. The van der Waals surface area contributed by atoms with E-state index in [4.69, 9.17) is 20.6 Å². The van der Waals surface area contributed by atoms with Crippen LogP contribution in [0.2, 0.25) is 0 Å². The minimum absolute atomic E-state index is 0.613. The van der Waals surface area contributed by atoms with Gasteiger partial charge < -0.3 is 20.6 Å². The molecule has 0 amide bonds. The number of rotatable bonds is 4. The fraction of sp³-hybridized carbons (Fsp3) is 0.231. The lowest BCUT2D eigenvalue weighted by Crippen LogP contribution is -2.03. The van der Waals surface area contributed by atoms with Crippen molar-refractivity contribution in [1.82, 2.24) is 0 Å². The molecule has 2 aromatic rings. The molecule has 0 radical (unpaired) electrons. The van der Waals surface area contributed by atoms with E-state index in [1.165, 1.54) is 0 Å². The molecular formula is C13H16N2O2. The monoisotopic (exact) mass is 232 g/mol. The van der Waals surface area contributed by atoms with E-state index >= 15 is 0 Å². The van der Waals surface area contributed by atoms with Gasteiger partial charge in [-0.1, -0.05) is 0 Å². The van der Waals surface area contributed by atoms with E-state index in [-0.39, 0.29) is 0 Å². The minimum atomic E-state index is 0.613. The second-order valence-corrected chi connectivity index (χ2v) is 3.86. The zero-order valence-electron chi connectivity index (χ0n) is 9.77. The second kappa shape index (κ2) is 4.93. The summed E-state index contributed by atoms with van der Waals surface area (Å²) in [6.45, 7) is 0.613. The van der Waals surface area contributed by atoms with Crippen LogP contribution in [0.1, 0.15) is 5.56 Å². The lowest BCUT2D eigenvalue weighted by atomic mass is 10.00. The first-order chi connectivity index (χ1) is 8.22. The number of nitrogens with two attached hydrogens (primary N) is 2. The van der Waals surface area contributed by atoms with Crippen molar-refractivity contribution in [3.05, 3.63) is 36.1 Å². The lowest BCUT2D eigenvalue weighted by Gasteiger charge is -2.11. The summed E-state index contributed by atoms with van der Waals surface area (Å²) in [5, 5.41) is 0. The number of anilines is 2. The van der Waals surface area contributed by atoms with E-state index in [1.54, 1.807) is 19.4 Å². The molecule has 0 saturated carbocycles. The highest BCUT2D eigenvalue weighted by atomic mass is 16.5. The van der Waals surface area contributed by atoms with E-state index in [1.807, 2.05) is 18.2 Å². The summed E-state index contributed by atoms with van der Waals surface area (Å²) in [5.41, 5.74) is 15.1. The molecule has 4 N–H and O–H groups in total. The van der Waals surface area contributed by atoms with Crippen LogP contribution in [-0.2, 0) is 11.2 Å². The van der Waals surface area contributed by atoms with Gasteiger partial charge in [-0.05, 0) is 36.2 Å². The highest BCUT2D eigenvalue weighted by Gasteiger charge is 2.11. The van der Waals surface area contributed by atoms with Gasteiger partial charge in [0.2, 0.25) is 0 Å². The van der Waals surface area contributed by atoms with Gasteiger partial charge in [0.05, 0.1) is 12.9 Å². The first-order valence-electron chi connectivity index (χ1n) is 5.43. The van der Waals surface area contributed by atoms with E-state index in [0.717, 1.165) is 23.3 Å². The molecule has 0 aliphatic heterocycles. The molecule has 0 fully saturated rings. The van der Waals surface area contributed by atoms with Gasteiger partial charge in [0.25, 0.3) is 0 Å². The smallest absolute Gasteiger partial charge is 0.134 e. The van der Waals surface area contributed by atoms with E-state index < -0.39 is 0 Å². The van der Waals surface area contributed by atoms with Crippen molar-refractivity contribution in [2.75, 3.05) is 25.2 Å². The zero-order chi connectivity index (χ0) is 12.3. The van der Waals surface area contributed by atoms with Gasteiger partial charge in [-0.25, -0.2) is 0 Å². The summed E-state index contributed by atoms with van der Waals surface area (Å²) >= 11 is 0. The fourth-order valence-electron chi connectivity index (χ4n) is 1.85. The van der Waals surface area contributed by atoms with Crippen molar-refractivity contribution < 1.29 is 9.15 Å². The van der Waals surface area contributed by atoms with Crippen LogP contribution in [-0.4, -0.2) is 13.7 Å². The molecule has 0 saturated heterocycles. The van der Waals surface area contributed by atoms with Gasteiger partial charge in [-0.2, -0.15) is 0 Å². The number of furan rings is 1. The number of benzene rings is 1. The van der Waals surface area contributed by atoms with E-state index in [2.05, 4.69) is 0 Å².